The van der Waals surface area contributed by atoms with Crippen molar-refractivity contribution in [1.82, 2.24) is 5.32 Å². The Morgan fingerprint density at radius 2 is 1.12 bits per heavy atom. The third-order valence-corrected chi connectivity index (χ3v) is 6.11. The second-order valence-electron chi connectivity index (χ2n) is 8.97. The molecule has 0 aliphatic heterocycles. The molecule has 4 aromatic rings. The Morgan fingerprint density at radius 3 is 1.56 bits per heavy atom. The molecule has 0 saturated carbocycles. The molecule has 0 spiro atoms. The summed E-state index contributed by atoms with van der Waals surface area (Å²) < 4.78 is 79.4. The van der Waals surface area contributed by atoms with Gasteiger partial charge in [-0.25, -0.2) is 0 Å². The summed E-state index contributed by atoms with van der Waals surface area (Å²) >= 11 is 0. The normalized spacial score (nSPS) is 12.4. The minimum atomic E-state index is -4.80. The number of amides is 1. The number of hydrogen-bond donors (Lipinski definition) is 2. The molecule has 0 radical (unpaired) electrons. The van der Waals surface area contributed by atoms with Gasteiger partial charge in [0.25, 0.3) is 5.91 Å². The van der Waals surface area contributed by atoms with E-state index in [1.165, 1.54) is 48.5 Å². The summed E-state index contributed by atoms with van der Waals surface area (Å²) in [5.74, 6) is -2.08. The summed E-state index contributed by atoms with van der Waals surface area (Å²) in [6.45, 7) is 0. The van der Waals surface area contributed by atoms with Gasteiger partial charge >= 0.3 is 18.5 Å². The van der Waals surface area contributed by atoms with Gasteiger partial charge in [-0.15, -0.1) is 13.2 Å². The molecule has 0 fully saturated rings. The zero-order valence-electron chi connectivity index (χ0n) is 21.0. The van der Waals surface area contributed by atoms with Crippen LogP contribution >= 0.6 is 0 Å². The Hall–Kier alpha value is -4.80. The lowest BCUT2D eigenvalue weighted by molar-refractivity contribution is -0.274. The third-order valence-electron chi connectivity index (χ3n) is 6.11. The van der Waals surface area contributed by atoms with Crippen molar-refractivity contribution >= 4 is 11.9 Å². The number of nitrogens with one attached hydrogen (secondary N) is 1. The van der Waals surface area contributed by atoms with E-state index in [1.54, 1.807) is 36.4 Å². The summed E-state index contributed by atoms with van der Waals surface area (Å²) in [5.41, 5.74) is 2.28. The van der Waals surface area contributed by atoms with Crippen LogP contribution in [0.1, 0.15) is 33.9 Å². The van der Waals surface area contributed by atoms with Crippen LogP contribution in [-0.2, 0) is 11.0 Å². The lowest BCUT2D eigenvalue weighted by atomic mass is 9.98. The van der Waals surface area contributed by atoms with Crippen molar-refractivity contribution in [3.63, 3.8) is 0 Å². The van der Waals surface area contributed by atoms with Crippen molar-refractivity contribution in [3.05, 3.63) is 114 Å². The Morgan fingerprint density at radius 1 is 0.683 bits per heavy atom. The van der Waals surface area contributed by atoms with Gasteiger partial charge in [0.05, 0.1) is 18.0 Å². The summed E-state index contributed by atoms with van der Waals surface area (Å²) in [7, 11) is 0. The number of alkyl halides is 6. The Balaban J connectivity index is 1.46. The van der Waals surface area contributed by atoms with Gasteiger partial charge in [-0.05, 0) is 64.2 Å². The molecule has 212 valence electrons. The van der Waals surface area contributed by atoms with Crippen molar-refractivity contribution in [2.75, 3.05) is 0 Å². The molecule has 11 heteroatoms. The second kappa shape index (κ2) is 11.7. The van der Waals surface area contributed by atoms with Crippen LogP contribution in [0, 0.1) is 0 Å². The number of carbonyl (C=O) groups excluding carboxylic acids is 1. The van der Waals surface area contributed by atoms with Crippen molar-refractivity contribution < 1.29 is 45.8 Å². The summed E-state index contributed by atoms with van der Waals surface area (Å²) in [5, 5.41) is 12.1. The predicted molar refractivity (Wildman–Crippen MR) is 138 cm³/mol. The maximum atomic E-state index is 12.9. The lowest BCUT2D eigenvalue weighted by Crippen LogP contribution is -2.30. The lowest BCUT2D eigenvalue weighted by Gasteiger charge is -2.18. The summed E-state index contributed by atoms with van der Waals surface area (Å²) in [6, 6.07) is 21.5. The highest BCUT2D eigenvalue weighted by molar-refractivity contribution is 5.95. The van der Waals surface area contributed by atoms with Gasteiger partial charge in [0.1, 0.15) is 5.75 Å². The number of carboxylic acid groups (broad SMARTS) is 1. The first-order valence-electron chi connectivity index (χ1n) is 12.0. The van der Waals surface area contributed by atoms with E-state index in [0.717, 1.165) is 12.1 Å². The van der Waals surface area contributed by atoms with Crippen LogP contribution in [-0.4, -0.2) is 23.3 Å². The van der Waals surface area contributed by atoms with Crippen molar-refractivity contribution in [2.45, 2.75) is 25.0 Å². The Kier molecular flexibility index (Phi) is 8.36. The molecule has 0 heterocycles. The van der Waals surface area contributed by atoms with Gasteiger partial charge in [0.15, 0.2) is 0 Å². The largest absolute Gasteiger partial charge is 0.573 e. The van der Waals surface area contributed by atoms with Crippen LogP contribution in [0.25, 0.3) is 22.3 Å². The molecule has 0 bridgehead atoms. The molecule has 0 aromatic heterocycles. The van der Waals surface area contributed by atoms with E-state index < -0.39 is 42.4 Å². The van der Waals surface area contributed by atoms with E-state index in [1.807, 2.05) is 0 Å². The van der Waals surface area contributed by atoms with Crippen LogP contribution in [0.15, 0.2) is 97.1 Å². The van der Waals surface area contributed by atoms with Gasteiger partial charge in [-0.1, -0.05) is 60.7 Å². The molecule has 0 saturated heterocycles. The van der Waals surface area contributed by atoms with Gasteiger partial charge in [-0.3, -0.25) is 9.59 Å². The fourth-order valence-electron chi connectivity index (χ4n) is 4.09. The van der Waals surface area contributed by atoms with Gasteiger partial charge in [0.2, 0.25) is 0 Å². The number of halogens is 6. The smallest absolute Gasteiger partial charge is 0.481 e. The average molecular weight is 573 g/mol. The van der Waals surface area contributed by atoms with Crippen molar-refractivity contribution in [3.8, 4) is 28.0 Å². The Bertz CT molecular complexity index is 1500. The molecule has 4 rings (SSSR count). The molecule has 41 heavy (non-hydrogen) atoms. The SMILES string of the molecule is O=C(O)CC(NC(=O)c1ccc(-c2ccc(OC(F)(F)F)cc2)cc1)c1ccc(-c2ccc(C(F)(F)F)cc2)cc1. The number of ether oxygens (including phenoxy) is 1. The number of carboxylic acids is 1. The monoisotopic (exact) mass is 573 g/mol. The highest BCUT2D eigenvalue weighted by atomic mass is 19.4. The van der Waals surface area contributed by atoms with E-state index in [9.17, 15) is 41.0 Å². The fraction of sp³-hybridized carbons (Fsp3) is 0.133. The molecular weight excluding hydrogens is 552 g/mol. The average Bonchev–Trinajstić information content (AvgIpc) is 2.92. The molecule has 1 amide bonds. The Labute approximate surface area is 230 Å². The molecule has 0 aliphatic carbocycles. The first-order valence-corrected chi connectivity index (χ1v) is 12.0. The van der Waals surface area contributed by atoms with E-state index in [4.69, 9.17) is 0 Å². The quantitative estimate of drug-likeness (QED) is 0.210. The third kappa shape index (κ3) is 7.87. The van der Waals surface area contributed by atoms with E-state index in [-0.39, 0.29) is 11.3 Å². The first kappa shape index (κ1) is 29.2. The fourth-order valence-corrected chi connectivity index (χ4v) is 4.09. The highest BCUT2D eigenvalue weighted by Gasteiger charge is 2.31. The minimum Gasteiger partial charge on any atom is -0.481 e. The standard InChI is InChI=1S/C30H21F6NO4/c31-29(32,33)24-13-9-20(10-14-24)18-1-5-22(6-2-18)26(17-27(38)39)37-28(40)23-7-3-19(4-8-23)21-11-15-25(16-12-21)41-30(34,35)36/h1-16,26H,17H2,(H,37,40)(H,38,39). The number of benzene rings is 4. The van der Waals surface area contributed by atoms with E-state index in [2.05, 4.69) is 10.1 Å². The van der Waals surface area contributed by atoms with E-state index in [0.29, 0.717) is 27.8 Å². The minimum absolute atomic E-state index is 0.225. The maximum Gasteiger partial charge on any atom is 0.573 e. The van der Waals surface area contributed by atoms with Crippen LogP contribution in [0.3, 0.4) is 0 Å². The molecular formula is C30H21F6NO4. The van der Waals surface area contributed by atoms with Crippen molar-refractivity contribution in [2.24, 2.45) is 0 Å². The molecule has 5 nitrogen and oxygen atoms in total. The number of carbonyl (C=O) groups is 2. The van der Waals surface area contributed by atoms with Crippen LogP contribution < -0.4 is 10.1 Å². The number of hydrogen-bond acceptors (Lipinski definition) is 3. The molecule has 1 unspecified atom stereocenters. The second-order valence-corrected chi connectivity index (χ2v) is 8.97. The van der Waals surface area contributed by atoms with Crippen LogP contribution in [0.5, 0.6) is 5.75 Å². The molecule has 0 aliphatic rings. The summed E-state index contributed by atoms with van der Waals surface area (Å²) in [4.78, 5) is 24.4. The zero-order chi connectivity index (χ0) is 29.8. The first-order chi connectivity index (χ1) is 19.3. The predicted octanol–water partition coefficient (Wildman–Crippen LogP) is 7.88. The highest BCUT2D eigenvalue weighted by Crippen LogP contribution is 2.32. The van der Waals surface area contributed by atoms with E-state index >= 15 is 0 Å². The maximum absolute atomic E-state index is 12.9. The van der Waals surface area contributed by atoms with Crippen molar-refractivity contribution in [1.29, 1.82) is 0 Å². The van der Waals surface area contributed by atoms with Crippen LogP contribution in [0.4, 0.5) is 26.3 Å². The van der Waals surface area contributed by atoms with Crippen LogP contribution in [0.2, 0.25) is 0 Å². The number of aliphatic carboxylic acids is 1. The molecule has 2 N–H and O–H groups in total. The number of rotatable bonds is 8. The topological polar surface area (TPSA) is 75.6 Å². The summed E-state index contributed by atoms with van der Waals surface area (Å²) in [6.07, 6.45) is -9.68. The van der Waals surface area contributed by atoms with Gasteiger partial charge in [-0.2, -0.15) is 13.2 Å². The van der Waals surface area contributed by atoms with Gasteiger partial charge in [0, 0.05) is 5.56 Å². The van der Waals surface area contributed by atoms with Gasteiger partial charge < -0.3 is 15.2 Å². The zero-order valence-corrected chi connectivity index (χ0v) is 21.0. The molecule has 1 atom stereocenters. The molecule has 4 aromatic carbocycles.